The van der Waals surface area contributed by atoms with Gasteiger partial charge in [0.1, 0.15) is 5.82 Å². The lowest BCUT2D eigenvalue weighted by atomic mass is 10.1. The first-order valence-corrected chi connectivity index (χ1v) is 5.38. The molecular formula is C12H20N4. The van der Waals surface area contributed by atoms with Crippen molar-refractivity contribution in [1.82, 2.24) is 9.97 Å². The van der Waals surface area contributed by atoms with Gasteiger partial charge in [-0.15, -0.1) is 6.58 Å². The summed E-state index contributed by atoms with van der Waals surface area (Å²) in [6.45, 7) is 11.3. The highest BCUT2D eigenvalue weighted by Gasteiger charge is 2.21. The van der Waals surface area contributed by atoms with Crippen LogP contribution in [0.1, 0.15) is 26.5 Å². The number of aromatic nitrogens is 2. The molecule has 0 saturated carbocycles. The summed E-state index contributed by atoms with van der Waals surface area (Å²) in [4.78, 5) is 10.8. The average Bonchev–Trinajstić information content (AvgIpc) is 2.25. The zero-order chi connectivity index (χ0) is 12.2. The Bertz CT molecular complexity index is 337. The molecule has 1 aromatic heterocycles. The second kappa shape index (κ2) is 5.07. The molecule has 4 nitrogen and oxygen atoms in total. The zero-order valence-corrected chi connectivity index (χ0v) is 10.3. The lowest BCUT2D eigenvalue weighted by Crippen LogP contribution is -2.42. The van der Waals surface area contributed by atoms with Crippen molar-refractivity contribution in [3.05, 3.63) is 30.7 Å². The largest absolute Gasteiger partial charge is 0.347 e. The summed E-state index contributed by atoms with van der Waals surface area (Å²) in [5.41, 5.74) is 6.28. The van der Waals surface area contributed by atoms with E-state index in [0.29, 0.717) is 6.54 Å². The molecule has 0 bridgehead atoms. The van der Waals surface area contributed by atoms with Crippen molar-refractivity contribution in [1.29, 1.82) is 0 Å². The van der Waals surface area contributed by atoms with Crippen LogP contribution in [0.5, 0.6) is 0 Å². The molecule has 0 aliphatic heterocycles. The number of nitrogens with two attached hydrogens (primary N) is 1. The Hall–Kier alpha value is -1.42. The molecule has 0 atom stereocenters. The highest BCUT2D eigenvalue weighted by Crippen LogP contribution is 2.20. The molecule has 0 radical (unpaired) electrons. The van der Waals surface area contributed by atoms with Crippen LogP contribution in [0.25, 0.3) is 0 Å². The van der Waals surface area contributed by atoms with Crippen molar-refractivity contribution in [3.8, 4) is 0 Å². The normalized spacial score (nSPS) is 11.2. The van der Waals surface area contributed by atoms with E-state index in [1.807, 2.05) is 6.08 Å². The summed E-state index contributed by atoms with van der Waals surface area (Å²) in [5, 5.41) is 0. The van der Waals surface area contributed by atoms with Crippen LogP contribution in [0, 0.1) is 0 Å². The first-order chi connectivity index (χ1) is 7.49. The quantitative estimate of drug-likeness (QED) is 0.785. The van der Waals surface area contributed by atoms with Gasteiger partial charge in [0.05, 0.1) is 18.1 Å². The van der Waals surface area contributed by atoms with Gasteiger partial charge in [-0.3, -0.25) is 4.98 Å². The minimum absolute atomic E-state index is 0.00684. The average molecular weight is 220 g/mol. The molecule has 1 aromatic rings. The number of anilines is 1. The third kappa shape index (κ3) is 3.03. The smallest absolute Gasteiger partial charge is 0.147 e. The van der Waals surface area contributed by atoms with E-state index in [4.69, 9.17) is 5.73 Å². The molecule has 2 N–H and O–H groups in total. The van der Waals surface area contributed by atoms with Gasteiger partial charge >= 0.3 is 0 Å². The number of rotatable bonds is 4. The van der Waals surface area contributed by atoms with Crippen LogP contribution >= 0.6 is 0 Å². The Kier molecular flexibility index (Phi) is 4.01. The summed E-state index contributed by atoms with van der Waals surface area (Å²) in [7, 11) is 0. The van der Waals surface area contributed by atoms with Crippen LogP contribution in [0.4, 0.5) is 5.82 Å². The van der Waals surface area contributed by atoms with E-state index in [9.17, 15) is 0 Å². The van der Waals surface area contributed by atoms with Crippen LogP contribution in [0.2, 0.25) is 0 Å². The molecule has 0 spiro atoms. The third-order valence-corrected chi connectivity index (χ3v) is 2.30. The predicted octanol–water partition coefficient (Wildman–Crippen LogP) is 1.73. The monoisotopic (exact) mass is 220 g/mol. The Morgan fingerprint density at radius 3 is 2.44 bits per heavy atom. The van der Waals surface area contributed by atoms with Crippen LogP contribution in [0.3, 0.4) is 0 Å². The second-order valence-corrected chi connectivity index (χ2v) is 4.64. The SMILES string of the molecule is C=CCN(c1cnc(CN)cn1)C(C)(C)C. The lowest BCUT2D eigenvalue weighted by Gasteiger charge is -2.35. The van der Waals surface area contributed by atoms with Crippen LogP contribution in [0.15, 0.2) is 25.0 Å². The Morgan fingerprint density at radius 1 is 1.38 bits per heavy atom. The van der Waals surface area contributed by atoms with Gasteiger partial charge in [0, 0.05) is 18.6 Å². The third-order valence-electron chi connectivity index (χ3n) is 2.30. The molecular weight excluding hydrogens is 200 g/mol. The summed E-state index contributed by atoms with van der Waals surface area (Å²) >= 11 is 0. The fraction of sp³-hybridized carbons (Fsp3) is 0.500. The standard InChI is InChI=1S/C12H20N4/c1-5-6-16(12(2,3)4)11-9-14-10(7-13)8-15-11/h5,8-9H,1,6-7,13H2,2-4H3. The highest BCUT2D eigenvalue weighted by atomic mass is 15.2. The molecule has 1 heterocycles. The Labute approximate surface area is 97.2 Å². The molecule has 4 heteroatoms. The summed E-state index contributed by atoms with van der Waals surface area (Å²) in [6.07, 6.45) is 5.35. The molecule has 0 unspecified atom stereocenters. The van der Waals surface area contributed by atoms with Gasteiger partial charge in [-0.05, 0) is 20.8 Å². The fourth-order valence-corrected chi connectivity index (χ4v) is 1.43. The molecule has 0 aliphatic carbocycles. The summed E-state index contributed by atoms with van der Waals surface area (Å²) in [5.74, 6) is 0.851. The molecule has 0 saturated heterocycles. The molecule has 88 valence electrons. The molecule has 1 rings (SSSR count). The molecule has 16 heavy (non-hydrogen) atoms. The number of nitrogens with zero attached hydrogens (tertiary/aromatic N) is 3. The van der Waals surface area contributed by atoms with Crippen LogP contribution in [-0.4, -0.2) is 22.1 Å². The van der Waals surface area contributed by atoms with Crippen LogP contribution in [-0.2, 0) is 6.54 Å². The minimum atomic E-state index is -0.00684. The van der Waals surface area contributed by atoms with E-state index in [1.165, 1.54) is 0 Å². The van der Waals surface area contributed by atoms with E-state index in [1.54, 1.807) is 12.4 Å². The van der Waals surface area contributed by atoms with Crippen molar-refractivity contribution in [2.24, 2.45) is 5.73 Å². The lowest BCUT2D eigenvalue weighted by molar-refractivity contribution is 0.516. The van der Waals surface area contributed by atoms with E-state index in [0.717, 1.165) is 18.1 Å². The first kappa shape index (κ1) is 12.6. The number of hydrogen-bond donors (Lipinski definition) is 1. The van der Waals surface area contributed by atoms with Gasteiger partial charge in [0.25, 0.3) is 0 Å². The van der Waals surface area contributed by atoms with Crippen molar-refractivity contribution >= 4 is 5.82 Å². The van der Waals surface area contributed by atoms with Gasteiger partial charge in [-0.1, -0.05) is 6.08 Å². The Morgan fingerprint density at radius 2 is 2.06 bits per heavy atom. The van der Waals surface area contributed by atoms with E-state index < -0.39 is 0 Å². The first-order valence-electron chi connectivity index (χ1n) is 5.38. The Balaban J connectivity index is 2.97. The van der Waals surface area contributed by atoms with Crippen molar-refractivity contribution in [2.45, 2.75) is 32.9 Å². The van der Waals surface area contributed by atoms with E-state index >= 15 is 0 Å². The maximum absolute atomic E-state index is 5.49. The van der Waals surface area contributed by atoms with Gasteiger partial charge < -0.3 is 10.6 Å². The molecule has 0 aliphatic rings. The van der Waals surface area contributed by atoms with Crippen molar-refractivity contribution < 1.29 is 0 Å². The van der Waals surface area contributed by atoms with Crippen molar-refractivity contribution in [2.75, 3.05) is 11.4 Å². The molecule has 0 amide bonds. The maximum atomic E-state index is 5.49. The molecule has 0 aromatic carbocycles. The minimum Gasteiger partial charge on any atom is -0.347 e. The molecule has 0 fully saturated rings. The van der Waals surface area contributed by atoms with Gasteiger partial charge in [0.2, 0.25) is 0 Å². The van der Waals surface area contributed by atoms with Crippen molar-refractivity contribution in [3.63, 3.8) is 0 Å². The highest BCUT2D eigenvalue weighted by molar-refractivity contribution is 5.40. The summed E-state index contributed by atoms with van der Waals surface area (Å²) < 4.78 is 0. The topological polar surface area (TPSA) is 55.0 Å². The van der Waals surface area contributed by atoms with Crippen LogP contribution < -0.4 is 10.6 Å². The predicted molar refractivity (Wildman–Crippen MR) is 67.2 cm³/mol. The van der Waals surface area contributed by atoms with Gasteiger partial charge in [0.15, 0.2) is 0 Å². The van der Waals surface area contributed by atoms with E-state index in [2.05, 4.69) is 42.2 Å². The van der Waals surface area contributed by atoms with Gasteiger partial charge in [-0.25, -0.2) is 4.98 Å². The zero-order valence-electron chi connectivity index (χ0n) is 10.3. The van der Waals surface area contributed by atoms with Gasteiger partial charge in [-0.2, -0.15) is 0 Å². The number of hydrogen-bond acceptors (Lipinski definition) is 4. The van der Waals surface area contributed by atoms with E-state index in [-0.39, 0.29) is 5.54 Å². The second-order valence-electron chi connectivity index (χ2n) is 4.64. The maximum Gasteiger partial charge on any atom is 0.147 e. The summed E-state index contributed by atoms with van der Waals surface area (Å²) in [6, 6.07) is 0. The fourth-order valence-electron chi connectivity index (χ4n) is 1.43.